The number of nitrogens with zero attached hydrogens (tertiary/aromatic N) is 4. The molecule has 1 N–H and O–H groups in total. The maximum Gasteiger partial charge on any atom is 0.335 e. The lowest BCUT2D eigenvalue weighted by Crippen LogP contribution is -2.49. The smallest absolute Gasteiger partial charge is 0.335 e. The lowest BCUT2D eigenvalue weighted by Gasteiger charge is -2.36. The van der Waals surface area contributed by atoms with Crippen LogP contribution >= 0.6 is 23.2 Å². The van der Waals surface area contributed by atoms with E-state index in [1.54, 1.807) is 12.1 Å². The Morgan fingerprint density at radius 2 is 1.58 bits per heavy atom. The van der Waals surface area contributed by atoms with Crippen molar-refractivity contribution in [3.05, 3.63) is 103 Å². The van der Waals surface area contributed by atoms with Crippen molar-refractivity contribution in [1.82, 2.24) is 14.7 Å². The van der Waals surface area contributed by atoms with Gasteiger partial charge in [0, 0.05) is 77.8 Å². The number of allylic oxidation sites excluding steroid dienone is 1. The fourth-order valence-corrected chi connectivity index (χ4v) is 7.41. The Bertz CT molecular complexity index is 1920. The Morgan fingerprint density at radius 1 is 0.917 bits per heavy atom. The third-order valence-corrected chi connectivity index (χ3v) is 10.5. The number of carboxylic acids is 1. The summed E-state index contributed by atoms with van der Waals surface area (Å²) in [5.74, 6) is -0.106. The van der Waals surface area contributed by atoms with Crippen LogP contribution in [0.15, 0.2) is 54.1 Å². The van der Waals surface area contributed by atoms with E-state index in [9.17, 15) is 14.7 Å². The molecule has 10 heteroatoms. The van der Waals surface area contributed by atoms with Gasteiger partial charge in [-0.2, -0.15) is 5.10 Å². The number of aromatic carboxylic acids is 1. The predicted molar refractivity (Wildman–Crippen MR) is 192 cm³/mol. The Morgan fingerprint density at radius 3 is 2.19 bits per heavy atom. The van der Waals surface area contributed by atoms with Crippen LogP contribution in [0.4, 0.5) is 5.69 Å². The van der Waals surface area contributed by atoms with Gasteiger partial charge in [-0.05, 0) is 111 Å². The van der Waals surface area contributed by atoms with Gasteiger partial charge in [-0.15, -0.1) is 0 Å². The molecule has 4 aromatic rings. The van der Waals surface area contributed by atoms with E-state index in [4.69, 9.17) is 27.9 Å². The minimum Gasteiger partial charge on any atom is -0.494 e. The first-order valence-corrected chi connectivity index (χ1v) is 17.0. The van der Waals surface area contributed by atoms with Crippen molar-refractivity contribution >= 4 is 46.3 Å². The Balaban J connectivity index is 1.26. The Labute approximate surface area is 291 Å². The average Bonchev–Trinajstić information content (AvgIpc) is 3.56. The van der Waals surface area contributed by atoms with E-state index in [-0.39, 0.29) is 11.5 Å². The predicted octanol–water partition coefficient (Wildman–Crippen LogP) is 7.84. The summed E-state index contributed by atoms with van der Waals surface area (Å²) in [6.45, 7) is 11.0. The van der Waals surface area contributed by atoms with Crippen molar-refractivity contribution in [2.45, 2.75) is 47.0 Å². The summed E-state index contributed by atoms with van der Waals surface area (Å²) in [4.78, 5) is 29.8. The van der Waals surface area contributed by atoms with Crippen molar-refractivity contribution in [2.24, 2.45) is 7.05 Å². The topological polar surface area (TPSA) is 87.9 Å². The molecule has 3 aromatic carbocycles. The van der Waals surface area contributed by atoms with E-state index < -0.39 is 5.97 Å². The first-order valence-electron chi connectivity index (χ1n) is 16.3. The second-order valence-electron chi connectivity index (χ2n) is 12.7. The van der Waals surface area contributed by atoms with Gasteiger partial charge in [-0.3, -0.25) is 9.48 Å². The number of aryl methyl sites for hydroxylation is 4. The van der Waals surface area contributed by atoms with E-state index in [2.05, 4.69) is 16.1 Å². The van der Waals surface area contributed by atoms with Crippen LogP contribution in [0.2, 0.25) is 10.0 Å². The number of amides is 1. The van der Waals surface area contributed by atoms with Crippen LogP contribution in [-0.2, 0) is 18.3 Å². The standard InChI is InChI=1S/C38H40Cl2N4O4/c1-22-19-28(20-23(2)36(22)40)48-18-6-7-29-30-12-13-33(39)35(34-24(3)41-42(5)25(34)4)31(30)21-32(29)37(45)44-16-14-43(15-17-44)27-10-8-26(9-11-27)38(46)47/h8-13,19-20H,6-7,14-18,21H2,1-5H3,(H,46,47). The molecule has 1 saturated heterocycles. The van der Waals surface area contributed by atoms with Gasteiger partial charge in [-0.25, -0.2) is 4.79 Å². The highest BCUT2D eigenvalue weighted by molar-refractivity contribution is 6.34. The normalized spacial score (nSPS) is 14.5. The number of carboxylic acid groups (broad SMARTS) is 1. The number of benzene rings is 3. The average molecular weight is 688 g/mol. The zero-order valence-corrected chi connectivity index (χ0v) is 29.5. The van der Waals surface area contributed by atoms with Crippen LogP contribution in [-0.4, -0.2) is 64.4 Å². The summed E-state index contributed by atoms with van der Waals surface area (Å²) in [6.07, 6.45) is 1.91. The van der Waals surface area contributed by atoms with Crippen molar-refractivity contribution < 1.29 is 19.4 Å². The maximum absolute atomic E-state index is 14.4. The number of halogens is 2. The van der Waals surface area contributed by atoms with E-state index in [0.29, 0.717) is 50.7 Å². The first kappa shape index (κ1) is 33.6. The number of ether oxygens (including phenoxy) is 1. The van der Waals surface area contributed by atoms with Crippen molar-refractivity contribution in [1.29, 1.82) is 0 Å². The molecule has 1 aliphatic carbocycles. The number of aromatic nitrogens is 2. The minimum atomic E-state index is -0.946. The van der Waals surface area contributed by atoms with E-state index >= 15 is 0 Å². The highest BCUT2D eigenvalue weighted by atomic mass is 35.5. The maximum atomic E-state index is 14.4. The number of hydrogen-bond acceptors (Lipinski definition) is 5. The van der Waals surface area contributed by atoms with E-state index in [1.807, 2.05) is 74.7 Å². The molecule has 1 amide bonds. The monoisotopic (exact) mass is 686 g/mol. The highest BCUT2D eigenvalue weighted by Gasteiger charge is 2.34. The molecule has 0 unspecified atom stereocenters. The molecule has 6 rings (SSSR count). The fourth-order valence-electron chi connectivity index (χ4n) is 7.03. The molecular weight excluding hydrogens is 647 g/mol. The number of carbonyl (C=O) groups excluding carboxylic acids is 1. The van der Waals surface area contributed by atoms with Gasteiger partial charge in [0.1, 0.15) is 5.75 Å². The van der Waals surface area contributed by atoms with Crippen LogP contribution in [0, 0.1) is 27.7 Å². The van der Waals surface area contributed by atoms with E-state index in [0.717, 1.165) is 78.8 Å². The van der Waals surface area contributed by atoms with Crippen LogP contribution in [0.25, 0.3) is 16.7 Å². The minimum absolute atomic E-state index is 0.0497. The van der Waals surface area contributed by atoms with Crippen molar-refractivity contribution in [3.63, 3.8) is 0 Å². The van der Waals surface area contributed by atoms with Gasteiger partial charge in [0.15, 0.2) is 0 Å². The summed E-state index contributed by atoms with van der Waals surface area (Å²) in [7, 11) is 1.94. The lowest BCUT2D eigenvalue weighted by atomic mass is 9.93. The number of carbonyl (C=O) groups is 2. The lowest BCUT2D eigenvalue weighted by molar-refractivity contribution is -0.127. The van der Waals surface area contributed by atoms with Crippen LogP contribution in [0.5, 0.6) is 5.75 Å². The van der Waals surface area contributed by atoms with Gasteiger partial charge < -0.3 is 19.6 Å². The summed E-state index contributed by atoms with van der Waals surface area (Å²) >= 11 is 13.3. The third-order valence-electron chi connectivity index (χ3n) is 9.62. The highest BCUT2D eigenvalue weighted by Crippen LogP contribution is 2.46. The van der Waals surface area contributed by atoms with Gasteiger partial charge in [0.05, 0.1) is 17.9 Å². The molecule has 1 aromatic heterocycles. The molecule has 0 bridgehead atoms. The van der Waals surface area contributed by atoms with Gasteiger partial charge >= 0.3 is 5.97 Å². The van der Waals surface area contributed by atoms with E-state index in [1.165, 1.54) is 0 Å². The zero-order valence-electron chi connectivity index (χ0n) is 28.0. The molecule has 8 nitrogen and oxygen atoms in total. The van der Waals surface area contributed by atoms with Gasteiger partial charge in [0.25, 0.3) is 5.91 Å². The summed E-state index contributed by atoms with van der Waals surface area (Å²) in [5.41, 5.74) is 11.1. The number of fused-ring (bicyclic) bond motifs is 1. The Hall–Kier alpha value is -4.27. The molecule has 2 aliphatic rings. The molecule has 0 atom stereocenters. The van der Waals surface area contributed by atoms with Crippen LogP contribution in [0.1, 0.15) is 56.8 Å². The number of hydrogen-bond donors (Lipinski definition) is 1. The number of piperazine rings is 1. The molecule has 0 spiro atoms. The second-order valence-corrected chi connectivity index (χ2v) is 13.5. The molecule has 250 valence electrons. The molecular formula is C38H40Cl2N4O4. The largest absolute Gasteiger partial charge is 0.494 e. The summed E-state index contributed by atoms with van der Waals surface area (Å²) < 4.78 is 8.03. The second kappa shape index (κ2) is 13.7. The number of rotatable bonds is 9. The molecule has 0 saturated carbocycles. The number of anilines is 1. The van der Waals surface area contributed by atoms with Crippen LogP contribution in [0.3, 0.4) is 0 Å². The molecule has 48 heavy (non-hydrogen) atoms. The molecule has 1 fully saturated rings. The first-order chi connectivity index (χ1) is 22.9. The van der Waals surface area contributed by atoms with Crippen LogP contribution < -0.4 is 9.64 Å². The zero-order chi connectivity index (χ0) is 34.3. The molecule has 1 aliphatic heterocycles. The van der Waals surface area contributed by atoms with Gasteiger partial charge in [0.2, 0.25) is 0 Å². The Kier molecular flexibility index (Phi) is 9.59. The SMILES string of the molecule is Cc1cc(OCCCC2=C(C(=O)N3CCN(c4ccc(C(=O)O)cc4)CC3)Cc3c2ccc(Cl)c3-c2c(C)nn(C)c2C)cc(C)c1Cl. The van der Waals surface area contributed by atoms with Crippen molar-refractivity contribution in [3.8, 4) is 16.9 Å². The van der Waals surface area contributed by atoms with Gasteiger partial charge in [-0.1, -0.05) is 29.3 Å². The third kappa shape index (κ3) is 6.43. The summed E-state index contributed by atoms with van der Waals surface area (Å²) in [5, 5.41) is 15.3. The molecule has 2 heterocycles. The fraction of sp³-hybridized carbons (Fsp3) is 0.342. The quantitative estimate of drug-likeness (QED) is 0.181. The van der Waals surface area contributed by atoms with Crippen molar-refractivity contribution in [2.75, 3.05) is 37.7 Å². The summed E-state index contributed by atoms with van der Waals surface area (Å²) in [6, 6.07) is 14.8. The molecule has 0 radical (unpaired) electrons.